The molecule has 0 spiro atoms. The maximum atomic E-state index is 8.54. The molecule has 0 amide bonds. The van der Waals surface area contributed by atoms with Crippen LogP contribution in [0.15, 0.2) is 40.8 Å². The first-order chi connectivity index (χ1) is 9.29. The minimum absolute atomic E-state index is 0.0639. The number of ether oxygens (including phenoxy) is 1. The highest BCUT2D eigenvalue weighted by molar-refractivity contribution is 5.33. The second-order valence-electron chi connectivity index (χ2n) is 4.17. The van der Waals surface area contributed by atoms with E-state index in [1.807, 2.05) is 49.4 Å². The van der Waals surface area contributed by atoms with Crippen molar-refractivity contribution in [2.75, 3.05) is 6.61 Å². The van der Waals surface area contributed by atoms with E-state index >= 15 is 0 Å². The molecule has 19 heavy (non-hydrogen) atoms. The molecule has 0 fully saturated rings. The zero-order valence-corrected chi connectivity index (χ0v) is 10.8. The molecular weight excluding hydrogens is 240 g/mol. The van der Waals surface area contributed by atoms with Gasteiger partial charge in [-0.3, -0.25) is 0 Å². The lowest BCUT2D eigenvalue weighted by Gasteiger charge is -2.09. The number of para-hydroxylation sites is 1. The summed E-state index contributed by atoms with van der Waals surface area (Å²) in [5.74, 6) is 2.56. The van der Waals surface area contributed by atoms with Crippen LogP contribution in [-0.4, -0.2) is 6.61 Å². The van der Waals surface area contributed by atoms with Crippen LogP contribution in [0.2, 0.25) is 0 Å². The number of nitrogens with one attached hydrogen (secondary N) is 1. The fraction of sp³-hybridized carbons (Fsp3) is 0.267. The number of furan rings is 1. The lowest BCUT2D eigenvalue weighted by Crippen LogP contribution is -2.13. The van der Waals surface area contributed by atoms with E-state index in [9.17, 15) is 0 Å². The van der Waals surface area contributed by atoms with Crippen molar-refractivity contribution in [3.8, 4) is 11.8 Å². The number of hydrogen-bond donors (Lipinski definition) is 1. The molecule has 0 saturated heterocycles. The van der Waals surface area contributed by atoms with Gasteiger partial charge in [-0.25, -0.2) is 0 Å². The lowest BCUT2D eigenvalue weighted by atomic mass is 10.2. The highest BCUT2D eigenvalue weighted by Gasteiger charge is 2.03. The van der Waals surface area contributed by atoms with Crippen molar-refractivity contribution in [1.29, 1.82) is 5.26 Å². The number of rotatable bonds is 6. The second-order valence-corrected chi connectivity index (χ2v) is 4.17. The average molecular weight is 256 g/mol. The molecule has 0 bridgehead atoms. The molecule has 0 atom stereocenters. The lowest BCUT2D eigenvalue weighted by molar-refractivity contribution is 0.362. The standard InChI is InChI=1S/C15H16N2O2/c1-12-6-7-14(19-12)11-17-10-13-4-2-3-5-15(13)18-9-8-16/h2-7,17H,9-11H2,1H3. The maximum Gasteiger partial charge on any atom is 0.174 e. The van der Waals surface area contributed by atoms with Gasteiger partial charge in [0.25, 0.3) is 0 Å². The van der Waals surface area contributed by atoms with Crippen LogP contribution < -0.4 is 10.1 Å². The Morgan fingerprint density at radius 1 is 1.21 bits per heavy atom. The molecule has 1 heterocycles. The van der Waals surface area contributed by atoms with E-state index in [0.29, 0.717) is 13.1 Å². The largest absolute Gasteiger partial charge is 0.478 e. The topological polar surface area (TPSA) is 58.2 Å². The molecule has 1 aromatic heterocycles. The Morgan fingerprint density at radius 3 is 2.79 bits per heavy atom. The van der Waals surface area contributed by atoms with Crippen LogP contribution in [0, 0.1) is 18.3 Å². The summed E-state index contributed by atoms with van der Waals surface area (Å²) < 4.78 is 10.8. The summed E-state index contributed by atoms with van der Waals surface area (Å²) in [4.78, 5) is 0. The SMILES string of the molecule is Cc1ccc(CNCc2ccccc2OCC#N)o1. The minimum Gasteiger partial charge on any atom is -0.478 e. The molecule has 0 aliphatic rings. The van der Waals surface area contributed by atoms with Crippen LogP contribution in [0.4, 0.5) is 0 Å². The van der Waals surface area contributed by atoms with Gasteiger partial charge in [0, 0.05) is 12.1 Å². The van der Waals surface area contributed by atoms with Gasteiger partial charge < -0.3 is 14.5 Å². The van der Waals surface area contributed by atoms with Gasteiger partial charge in [-0.1, -0.05) is 18.2 Å². The number of aryl methyl sites for hydroxylation is 1. The summed E-state index contributed by atoms with van der Waals surface area (Å²) in [5.41, 5.74) is 1.03. The predicted molar refractivity (Wildman–Crippen MR) is 71.5 cm³/mol. The van der Waals surface area contributed by atoms with Gasteiger partial charge in [-0.05, 0) is 25.1 Å². The fourth-order valence-corrected chi connectivity index (χ4v) is 1.80. The predicted octanol–water partition coefficient (Wildman–Crippen LogP) is 2.78. The quantitative estimate of drug-likeness (QED) is 0.863. The van der Waals surface area contributed by atoms with Gasteiger partial charge >= 0.3 is 0 Å². The molecule has 0 aliphatic carbocycles. The minimum atomic E-state index is 0.0639. The Morgan fingerprint density at radius 2 is 2.05 bits per heavy atom. The van der Waals surface area contributed by atoms with Crippen LogP contribution in [0.5, 0.6) is 5.75 Å². The van der Waals surface area contributed by atoms with Crippen LogP contribution in [0.1, 0.15) is 17.1 Å². The third kappa shape index (κ3) is 3.87. The van der Waals surface area contributed by atoms with E-state index in [1.165, 1.54) is 0 Å². The van der Waals surface area contributed by atoms with Crippen LogP contribution in [0.3, 0.4) is 0 Å². The van der Waals surface area contributed by atoms with Crippen molar-refractivity contribution in [3.05, 3.63) is 53.5 Å². The number of nitrogens with zero attached hydrogens (tertiary/aromatic N) is 1. The first-order valence-corrected chi connectivity index (χ1v) is 6.13. The first kappa shape index (κ1) is 13.2. The highest BCUT2D eigenvalue weighted by Crippen LogP contribution is 2.17. The molecule has 1 aromatic carbocycles. The van der Waals surface area contributed by atoms with Crippen molar-refractivity contribution >= 4 is 0 Å². The van der Waals surface area contributed by atoms with E-state index in [4.69, 9.17) is 14.4 Å². The summed E-state index contributed by atoms with van der Waals surface area (Å²) in [7, 11) is 0. The van der Waals surface area contributed by atoms with Gasteiger partial charge in [0.15, 0.2) is 6.61 Å². The Kier molecular flexibility index (Phi) is 4.60. The molecule has 1 N–H and O–H groups in total. The smallest absolute Gasteiger partial charge is 0.174 e. The third-order valence-electron chi connectivity index (χ3n) is 2.68. The summed E-state index contributed by atoms with van der Waals surface area (Å²) in [6.07, 6.45) is 0. The highest BCUT2D eigenvalue weighted by atomic mass is 16.5. The van der Waals surface area contributed by atoms with Crippen molar-refractivity contribution in [3.63, 3.8) is 0 Å². The van der Waals surface area contributed by atoms with Crippen LogP contribution in [-0.2, 0) is 13.1 Å². The summed E-state index contributed by atoms with van der Waals surface area (Å²) in [5, 5.41) is 11.8. The van der Waals surface area contributed by atoms with Crippen LogP contribution in [0.25, 0.3) is 0 Å². The second kappa shape index (κ2) is 6.62. The van der Waals surface area contributed by atoms with E-state index in [-0.39, 0.29) is 6.61 Å². The molecule has 2 rings (SSSR count). The Labute approximate surface area is 112 Å². The molecule has 0 radical (unpaired) electrons. The average Bonchev–Trinajstić information content (AvgIpc) is 2.83. The number of hydrogen-bond acceptors (Lipinski definition) is 4. The zero-order chi connectivity index (χ0) is 13.5. The molecule has 0 unspecified atom stereocenters. The van der Waals surface area contributed by atoms with Crippen LogP contribution >= 0.6 is 0 Å². The molecule has 98 valence electrons. The molecule has 4 nitrogen and oxygen atoms in total. The Bertz CT molecular complexity index is 570. The van der Waals surface area contributed by atoms with Crippen molar-refractivity contribution in [1.82, 2.24) is 5.32 Å². The molecular formula is C15H16N2O2. The summed E-state index contributed by atoms with van der Waals surface area (Å²) in [6.45, 7) is 3.32. The molecule has 0 aliphatic heterocycles. The van der Waals surface area contributed by atoms with Gasteiger partial charge in [0.2, 0.25) is 0 Å². The number of benzene rings is 1. The normalized spacial score (nSPS) is 10.1. The zero-order valence-electron chi connectivity index (χ0n) is 10.8. The fourth-order valence-electron chi connectivity index (χ4n) is 1.80. The van der Waals surface area contributed by atoms with E-state index in [1.54, 1.807) is 0 Å². The molecule has 0 saturated carbocycles. The maximum absolute atomic E-state index is 8.54. The summed E-state index contributed by atoms with van der Waals surface area (Å²) >= 11 is 0. The molecule has 2 aromatic rings. The van der Waals surface area contributed by atoms with Gasteiger partial charge in [-0.2, -0.15) is 5.26 Å². The monoisotopic (exact) mass is 256 g/mol. The first-order valence-electron chi connectivity index (χ1n) is 6.13. The van der Waals surface area contributed by atoms with Gasteiger partial charge in [0.05, 0.1) is 6.54 Å². The van der Waals surface area contributed by atoms with Crippen molar-refractivity contribution < 1.29 is 9.15 Å². The Hall–Kier alpha value is -2.25. The Balaban J connectivity index is 1.90. The van der Waals surface area contributed by atoms with Crippen molar-refractivity contribution in [2.24, 2.45) is 0 Å². The van der Waals surface area contributed by atoms with E-state index in [2.05, 4.69) is 5.32 Å². The van der Waals surface area contributed by atoms with Gasteiger partial charge in [-0.15, -0.1) is 0 Å². The van der Waals surface area contributed by atoms with E-state index < -0.39 is 0 Å². The van der Waals surface area contributed by atoms with Gasteiger partial charge in [0.1, 0.15) is 23.3 Å². The molecule has 4 heteroatoms. The van der Waals surface area contributed by atoms with Crippen molar-refractivity contribution in [2.45, 2.75) is 20.0 Å². The number of nitriles is 1. The van der Waals surface area contributed by atoms with E-state index in [0.717, 1.165) is 22.8 Å². The third-order valence-corrected chi connectivity index (χ3v) is 2.68. The summed E-state index contributed by atoms with van der Waals surface area (Å²) in [6, 6.07) is 13.6.